The third-order valence-corrected chi connectivity index (χ3v) is 7.01. The number of furan rings is 1. The number of Topliss-reactive ketones (excluding diaryl/α,β-unsaturated/α-hetero) is 1. The molecule has 1 aromatic heterocycles. The quantitative estimate of drug-likeness (QED) is 0.275. The molecule has 2 aliphatic heterocycles. The lowest BCUT2D eigenvalue weighted by Gasteiger charge is -2.50. The molecule has 0 saturated carbocycles. The average Bonchev–Trinajstić information content (AvgIpc) is 3.28. The Morgan fingerprint density at radius 1 is 1.43 bits per heavy atom. The molecule has 0 aromatic carbocycles. The van der Waals surface area contributed by atoms with Crippen LogP contribution in [0.4, 0.5) is 0 Å². The van der Waals surface area contributed by atoms with Crippen LogP contribution in [0.3, 0.4) is 0 Å². The van der Waals surface area contributed by atoms with Gasteiger partial charge in [-0.25, -0.2) is 0 Å². The molecule has 9 nitrogen and oxygen atoms in total. The lowest BCUT2D eigenvalue weighted by molar-refractivity contribution is -0.145. The molecule has 0 radical (unpaired) electrons. The summed E-state index contributed by atoms with van der Waals surface area (Å²) in [4.78, 5) is 55.3. The lowest BCUT2D eigenvalue weighted by atomic mass is 10.0. The van der Waals surface area contributed by atoms with Crippen molar-refractivity contribution in [2.45, 2.75) is 31.7 Å². The van der Waals surface area contributed by atoms with Gasteiger partial charge in [0.1, 0.15) is 18.5 Å². The maximum Gasteiger partial charge on any atom is 0.277 e. The van der Waals surface area contributed by atoms with Gasteiger partial charge >= 0.3 is 0 Å². The minimum atomic E-state index is -0.747. The standard InChI is InChI=1S/C19H21N3O6S2/c1-4-12(23)14(21-27-3)16(24)20-15-17(25)22-10(2)11(8-29-18(15)22)9-30-19(26)13-6-5-7-28-13/h5-7,15,18H,4,8-9H2,1-3H3,(H,20,24)/b21-14+. The van der Waals surface area contributed by atoms with E-state index in [0.29, 0.717) is 11.5 Å². The molecule has 2 atom stereocenters. The zero-order chi connectivity index (χ0) is 21.8. The summed E-state index contributed by atoms with van der Waals surface area (Å²) in [5.41, 5.74) is 1.40. The fraction of sp³-hybridized carbons (Fsp3) is 0.421. The number of nitrogens with zero attached hydrogens (tertiary/aromatic N) is 2. The molecule has 1 N–H and O–H groups in total. The smallest absolute Gasteiger partial charge is 0.277 e. The second-order valence-electron chi connectivity index (χ2n) is 6.50. The van der Waals surface area contributed by atoms with Gasteiger partial charge in [-0.05, 0) is 24.6 Å². The molecule has 0 bridgehead atoms. The second kappa shape index (κ2) is 9.52. The molecular weight excluding hydrogens is 430 g/mol. The van der Waals surface area contributed by atoms with Gasteiger partial charge in [0.05, 0.1) is 6.26 Å². The van der Waals surface area contributed by atoms with Crippen molar-refractivity contribution in [3.05, 3.63) is 35.4 Å². The molecule has 3 rings (SSSR count). The van der Waals surface area contributed by atoms with E-state index >= 15 is 0 Å². The fourth-order valence-corrected chi connectivity index (χ4v) is 5.51. The number of nitrogens with one attached hydrogen (secondary N) is 1. The highest BCUT2D eigenvalue weighted by Gasteiger charge is 2.52. The summed E-state index contributed by atoms with van der Waals surface area (Å²) in [7, 11) is 1.24. The Morgan fingerprint density at radius 2 is 2.20 bits per heavy atom. The van der Waals surface area contributed by atoms with Crippen LogP contribution in [0.5, 0.6) is 0 Å². The summed E-state index contributed by atoms with van der Waals surface area (Å²) in [6.07, 6.45) is 1.54. The van der Waals surface area contributed by atoms with Gasteiger partial charge in [-0.15, -0.1) is 11.8 Å². The topological polar surface area (TPSA) is 118 Å². The van der Waals surface area contributed by atoms with Gasteiger partial charge in [0, 0.05) is 23.6 Å². The first-order chi connectivity index (χ1) is 14.4. The lowest BCUT2D eigenvalue weighted by Crippen LogP contribution is -2.70. The van der Waals surface area contributed by atoms with Gasteiger partial charge in [-0.1, -0.05) is 23.8 Å². The number of carbonyl (C=O) groups is 4. The molecule has 0 spiro atoms. The number of ketones is 1. The number of carbonyl (C=O) groups excluding carboxylic acids is 4. The molecule has 30 heavy (non-hydrogen) atoms. The molecule has 11 heteroatoms. The van der Waals surface area contributed by atoms with Crippen LogP contribution in [0.25, 0.3) is 0 Å². The maximum absolute atomic E-state index is 12.7. The SMILES string of the molecule is CCC(=O)/C(=N\OC)C(=O)NC1C(=O)N2C(C)=C(CSC(=O)c3ccco3)CSC12. The average molecular weight is 452 g/mol. The van der Waals surface area contributed by atoms with Crippen LogP contribution >= 0.6 is 23.5 Å². The number of fused-ring (bicyclic) bond motifs is 1. The Balaban J connectivity index is 1.63. The Kier molecular flexibility index (Phi) is 7.03. The molecule has 2 amide bonds. The van der Waals surface area contributed by atoms with E-state index in [2.05, 4.69) is 15.3 Å². The van der Waals surface area contributed by atoms with E-state index in [4.69, 9.17) is 4.42 Å². The number of rotatable bonds is 8. The van der Waals surface area contributed by atoms with Gasteiger partial charge in [-0.3, -0.25) is 24.1 Å². The molecule has 1 fully saturated rings. The van der Waals surface area contributed by atoms with Gasteiger partial charge < -0.3 is 14.6 Å². The summed E-state index contributed by atoms with van der Waals surface area (Å²) >= 11 is 2.62. The minimum Gasteiger partial charge on any atom is -0.460 e. The highest BCUT2D eigenvalue weighted by atomic mass is 32.2. The Hall–Kier alpha value is -2.53. The van der Waals surface area contributed by atoms with E-state index in [1.807, 2.05) is 6.92 Å². The normalized spacial score (nSPS) is 21.1. The van der Waals surface area contributed by atoms with Crippen molar-refractivity contribution in [1.82, 2.24) is 10.2 Å². The van der Waals surface area contributed by atoms with E-state index in [1.165, 1.54) is 25.1 Å². The molecule has 160 valence electrons. The van der Waals surface area contributed by atoms with Crippen LogP contribution in [0.2, 0.25) is 0 Å². The van der Waals surface area contributed by atoms with Gasteiger partial charge in [0.25, 0.3) is 16.9 Å². The van der Waals surface area contributed by atoms with E-state index in [1.54, 1.807) is 24.0 Å². The molecule has 3 heterocycles. The molecule has 1 aromatic rings. The Bertz CT molecular complexity index is 925. The van der Waals surface area contributed by atoms with Gasteiger partial charge in [0.2, 0.25) is 5.71 Å². The predicted molar refractivity (Wildman–Crippen MR) is 113 cm³/mol. The van der Waals surface area contributed by atoms with Crippen molar-refractivity contribution in [2.24, 2.45) is 5.16 Å². The largest absolute Gasteiger partial charge is 0.460 e. The van der Waals surface area contributed by atoms with Crippen molar-refractivity contribution >= 4 is 51.9 Å². The number of amides is 2. The Labute approximate surface area is 181 Å². The summed E-state index contributed by atoms with van der Waals surface area (Å²) in [6, 6.07) is 2.52. The van der Waals surface area contributed by atoms with Crippen molar-refractivity contribution in [3.8, 4) is 0 Å². The summed E-state index contributed by atoms with van der Waals surface area (Å²) in [6.45, 7) is 3.44. The summed E-state index contributed by atoms with van der Waals surface area (Å²) < 4.78 is 5.10. The van der Waals surface area contributed by atoms with Crippen molar-refractivity contribution in [1.29, 1.82) is 0 Å². The zero-order valence-electron chi connectivity index (χ0n) is 16.7. The van der Waals surface area contributed by atoms with Crippen molar-refractivity contribution in [2.75, 3.05) is 18.6 Å². The summed E-state index contributed by atoms with van der Waals surface area (Å²) in [5.74, 6) is -0.101. The van der Waals surface area contributed by atoms with Crippen LogP contribution in [-0.2, 0) is 19.2 Å². The molecular formula is C19H21N3O6S2. The van der Waals surface area contributed by atoms with E-state index in [-0.39, 0.29) is 34.3 Å². The van der Waals surface area contributed by atoms with E-state index < -0.39 is 17.7 Å². The number of β-lactam (4-membered cyclic amide) rings is 1. The predicted octanol–water partition coefficient (Wildman–Crippen LogP) is 1.81. The number of thioether (sulfide) groups is 2. The first-order valence-electron chi connectivity index (χ1n) is 9.18. The number of allylic oxidation sites excluding steroid dienone is 1. The van der Waals surface area contributed by atoms with Crippen LogP contribution in [0.15, 0.2) is 39.2 Å². The zero-order valence-corrected chi connectivity index (χ0v) is 18.3. The molecule has 2 unspecified atom stereocenters. The Morgan fingerprint density at radius 3 is 2.83 bits per heavy atom. The first kappa shape index (κ1) is 22.2. The van der Waals surface area contributed by atoms with Crippen LogP contribution in [-0.4, -0.2) is 63.4 Å². The van der Waals surface area contributed by atoms with Crippen LogP contribution in [0, 0.1) is 0 Å². The minimum absolute atomic E-state index is 0.0954. The number of oxime groups is 1. The third-order valence-electron chi connectivity index (χ3n) is 4.71. The van der Waals surface area contributed by atoms with Crippen LogP contribution < -0.4 is 5.32 Å². The van der Waals surface area contributed by atoms with E-state index in [0.717, 1.165) is 23.0 Å². The van der Waals surface area contributed by atoms with Crippen LogP contribution in [0.1, 0.15) is 30.8 Å². The van der Waals surface area contributed by atoms with E-state index in [9.17, 15) is 19.2 Å². The monoisotopic (exact) mass is 451 g/mol. The third kappa shape index (κ3) is 4.31. The van der Waals surface area contributed by atoms with Gasteiger partial charge in [-0.2, -0.15) is 0 Å². The fourth-order valence-electron chi connectivity index (χ4n) is 3.04. The number of hydrogen-bond donors (Lipinski definition) is 1. The van der Waals surface area contributed by atoms with Crippen molar-refractivity contribution in [3.63, 3.8) is 0 Å². The summed E-state index contributed by atoms with van der Waals surface area (Å²) in [5, 5.41) is 5.65. The maximum atomic E-state index is 12.7. The van der Waals surface area contributed by atoms with Crippen molar-refractivity contribution < 1.29 is 28.4 Å². The second-order valence-corrected chi connectivity index (χ2v) is 8.56. The molecule has 0 aliphatic carbocycles. The highest BCUT2D eigenvalue weighted by molar-refractivity contribution is 8.14. The highest BCUT2D eigenvalue weighted by Crippen LogP contribution is 2.40. The number of hydrogen-bond acceptors (Lipinski definition) is 9. The molecule has 2 aliphatic rings. The molecule has 1 saturated heterocycles. The first-order valence-corrected chi connectivity index (χ1v) is 11.2. The van der Waals surface area contributed by atoms with Gasteiger partial charge in [0.15, 0.2) is 11.5 Å².